The van der Waals surface area contributed by atoms with Gasteiger partial charge < -0.3 is 25.1 Å². The van der Waals surface area contributed by atoms with Gasteiger partial charge in [-0.3, -0.25) is 14.3 Å². The van der Waals surface area contributed by atoms with E-state index in [4.69, 9.17) is 9.79 Å². The maximum Gasteiger partial charge on any atom is 0.469 e. The van der Waals surface area contributed by atoms with Gasteiger partial charge in [0, 0.05) is 6.20 Å². The van der Waals surface area contributed by atoms with Crippen LogP contribution in [0.4, 0.5) is 0 Å². The van der Waals surface area contributed by atoms with Crippen molar-refractivity contribution in [2.24, 2.45) is 0 Å². The van der Waals surface area contributed by atoms with Gasteiger partial charge >= 0.3 is 7.82 Å². The van der Waals surface area contributed by atoms with Crippen LogP contribution in [0.25, 0.3) is 0 Å². The highest BCUT2D eigenvalue weighted by Crippen LogP contribution is 2.35. The van der Waals surface area contributed by atoms with E-state index in [0.29, 0.717) is 0 Å². The molecule has 1 heterocycles. The Balaban J connectivity index is 2.64. The largest absolute Gasteiger partial charge is 0.469 e. The summed E-state index contributed by atoms with van der Waals surface area (Å²) in [5.74, 6) is -1.16. The number of aliphatic hydroxyl groups is 3. The number of nitrogens with zero attached hydrogens (tertiary/aromatic N) is 1. The van der Waals surface area contributed by atoms with Gasteiger partial charge in [-0.15, -0.1) is 0 Å². The van der Waals surface area contributed by atoms with Crippen LogP contribution in [0.2, 0.25) is 0 Å². The summed E-state index contributed by atoms with van der Waals surface area (Å²) in [4.78, 5) is 32.2. The van der Waals surface area contributed by atoms with Crippen molar-refractivity contribution in [3.05, 3.63) is 30.1 Å². The molecule has 0 saturated carbocycles. The van der Waals surface area contributed by atoms with Crippen molar-refractivity contribution in [1.29, 1.82) is 0 Å². The molecule has 0 aromatic carbocycles. The summed E-state index contributed by atoms with van der Waals surface area (Å²) in [6.07, 6.45) is -4.41. The van der Waals surface area contributed by atoms with Crippen LogP contribution in [0.1, 0.15) is 11.8 Å². The molecule has 0 radical (unpaired) electrons. The minimum Gasteiger partial charge on any atom is -0.388 e. The molecule has 0 aliphatic heterocycles. The van der Waals surface area contributed by atoms with Gasteiger partial charge in [-0.1, -0.05) is 6.07 Å². The molecule has 0 amide bonds. The second-order valence-corrected chi connectivity index (χ2v) is 5.10. The van der Waals surface area contributed by atoms with Crippen LogP contribution < -0.4 is 0 Å². The number of ketones is 1. The minimum absolute atomic E-state index is 0.0281. The highest BCUT2D eigenvalue weighted by atomic mass is 31.2. The lowest BCUT2D eigenvalue weighted by molar-refractivity contribution is -0.143. The quantitative estimate of drug-likeness (QED) is 0.378. The van der Waals surface area contributed by atoms with Gasteiger partial charge in [0.25, 0.3) is 0 Å². The molecule has 1 aromatic rings. The summed E-state index contributed by atoms with van der Waals surface area (Å²) in [6.45, 7) is -0.966. The van der Waals surface area contributed by atoms with Crippen molar-refractivity contribution in [3.8, 4) is 0 Å². The molecule has 0 bridgehead atoms. The van der Waals surface area contributed by atoms with Crippen molar-refractivity contribution in [2.45, 2.75) is 18.3 Å². The summed E-state index contributed by atoms with van der Waals surface area (Å²) >= 11 is 0. The highest BCUT2D eigenvalue weighted by molar-refractivity contribution is 7.46. The number of pyridine rings is 1. The molecule has 3 atom stereocenters. The lowest BCUT2D eigenvalue weighted by Crippen LogP contribution is -2.39. The molecule has 0 aliphatic rings. The molecule has 0 spiro atoms. The Bertz CT molecular complexity index is 489. The number of hydrogen-bond acceptors (Lipinski definition) is 7. The topological polar surface area (TPSA) is 157 Å². The first-order chi connectivity index (χ1) is 9.22. The minimum atomic E-state index is -4.83. The fourth-order valence-corrected chi connectivity index (χ4v) is 1.65. The zero-order valence-electron chi connectivity index (χ0n) is 10.1. The summed E-state index contributed by atoms with van der Waals surface area (Å²) in [7, 11) is -4.83. The zero-order chi connectivity index (χ0) is 15.3. The Kier molecular flexibility index (Phi) is 5.90. The Labute approximate surface area is 113 Å². The Morgan fingerprint density at radius 3 is 2.45 bits per heavy atom. The standard InChI is InChI=1S/C10H14NO8P/c12-7(5-19-20(16,17)18)9(14)10(15)8(13)6-3-1-2-4-11-6/h1-4,7-9,12-14H,5H2,(H2,16,17,18)/t7-,8?,9-/m1/s1. The van der Waals surface area contributed by atoms with Gasteiger partial charge in [0.05, 0.1) is 12.3 Å². The molecule has 9 nitrogen and oxygen atoms in total. The first-order valence-corrected chi connectivity index (χ1v) is 6.94. The number of aromatic nitrogens is 1. The van der Waals surface area contributed by atoms with E-state index in [1.807, 2.05) is 0 Å². The van der Waals surface area contributed by atoms with Gasteiger partial charge in [0.1, 0.15) is 12.2 Å². The number of rotatable bonds is 7. The molecule has 112 valence electrons. The molecular weight excluding hydrogens is 293 g/mol. The maximum atomic E-state index is 11.7. The molecule has 10 heteroatoms. The average molecular weight is 307 g/mol. The number of phosphoric ester groups is 1. The van der Waals surface area contributed by atoms with E-state index >= 15 is 0 Å². The summed E-state index contributed by atoms with van der Waals surface area (Å²) in [6, 6.07) is 4.41. The van der Waals surface area contributed by atoms with E-state index in [1.165, 1.54) is 18.3 Å². The predicted molar refractivity (Wildman–Crippen MR) is 64.2 cm³/mol. The molecule has 20 heavy (non-hydrogen) atoms. The van der Waals surface area contributed by atoms with Gasteiger partial charge in [-0.25, -0.2) is 4.57 Å². The number of carbonyl (C=O) groups is 1. The summed E-state index contributed by atoms with van der Waals surface area (Å²) < 4.78 is 14.4. The van der Waals surface area contributed by atoms with Gasteiger partial charge in [0.15, 0.2) is 11.9 Å². The van der Waals surface area contributed by atoms with Gasteiger partial charge in [0.2, 0.25) is 0 Å². The molecule has 1 rings (SSSR count). The van der Waals surface area contributed by atoms with Crippen LogP contribution in [0.3, 0.4) is 0 Å². The van der Waals surface area contributed by atoms with E-state index in [9.17, 15) is 24.7 Å². The van der Waals surface area contributed by atoms with Crippen molar-refractivity contribution in [3.63, 3.8) is 0 Å². The normalized spacial score (nSPS) is 16.4. The Morgan fingerprint density at radius 1 is 1.30 bits per heavy atom. The lowest BCUT2D eigenvalue weighted by atomic mass is 10.0. The van der Waals surface area contributed by atoms with Crippen LogP contribution in [-0.4, -0.2) is 54.7 Å². The average Bonchev–Trinajstić information content (AvgIpc) is 2.42. The smallest absolute Gasteiger partial charge is 0.388 e. The number of hydrogen-bond donors (Lipinski definition) is 5. The second kappa shape index (κ2) is 7.00. The van der Waals surface area contributed by atoms with Crippen LogP contribution in [0.5, 0.6) is 0 Å². The zero-order valence-corrected chi connectivity index (χ0v) is 11.0. The van der Waals surface area contributed by atoms with Crippen LogP contribution in [-0.2, 0) is 13.9 Å². The SMILES string of the molecule is O=C(C(O)c1ccccn1)[C@H](O)[C@H](O)COP(=O)(O)O. The molecule has 1 aromatic heterocycles. The molecular formula is C10H14NO8P. The predicted octanol–water partition coefficient (Wildman–Crippen LogP) is -1.48. The molecule has 1 unspecified atom stereocenters. The third-order valence-electron chi connectivity index (χ3n) is 2.31. The Hall–Kier alpha value is -1.19. The van der Waals surface area contributed by atoms with E-state index < -0.39 is 38.5 Å². The van der Waals surface area contributed by atoms with Gasteiger partial charge in [-0.2, -0.15) is 0 Å². The first-order valence-electron chi connectivity index (χ1n) is 5.41. The molecule has 0 saturated heterocycles. The Morgan fingerprint density at radius 2 is 1.95 bits per heavy atom. The molecule has 0 fully saturated rings. The number of aliphatic hydroxyl groups excluding tert-OH is 3. The monoisotopic (exact) mass is 307 g/mol. The van der Waals surface area contributed by atoms with E-state index in [2.05, 4.69) is 9.51 Å². The highest BCUT2D eigenvalue weighted by Gasteiger charge is 2.32. The van der Waals surface area contributed by atoms with Crippen molar-refractivity contribution < 1.29 is 39.0 Å². The first kappa shape index (κ1) is 16.9. The fraction of sp³-hybridized carbons (Fsp3) is 0.400. The van der Waals surface area contributed by atoms with Crippen LogP contribution in [0.15, 0.2) is 24.4 Å². The van der Waals surface area contributed by atoms with E-state index in [0.717, 1.165) is 0 Å². The van der Waals surface area contributed by atoms with Gasteiger partial charge in [-0.05, 0) is 12.1 Å². The fourth-order valence-electron chi connectivity index (χ4n) is 1.30. The van der Waals surface area contributed by atoms with E-state index in [1.54, 1.807) is 6.07 Å². The number of Topliss-reactive ketones (excluding diaryl/α,β-unsaturated/α-hetero) is 1. The maximum absolute atomic E-state index is 11.7. The van der Waals surface area contributed by atoms with Crippen molar-refractivity contribution in [1.82, 2.24) is 4.98 Å². The third-order valence-corrected chi connectivity index (χ3v) is 2.79. The number of phosphoric acid groups is 1. The lowest BCUT2D eigenvalue weighted by Gasteiger charge is -2.19. The van der Waals surface area contributed by atoms with Crippen LogP contribution >= 0.6 is 7.82 Å². The molecule has 5 N–H and O–H groups in total. The molecule has 0 aliphatic carbocycles. The van der Waals surface area contributed by atoms with Crippen LogP contribution in [0, 0.1) is 0 Å². The summed E-state index contributed by atoms with van der Waals surface area (Å²) in [5, 5.41) is 28.5. The number of carbonyl (C=O) groups excluding carboxylic acids is 1. The second-order valence-electron chi connectivity index (χ2n) is 3.86. The van der Waals surface area contributed by atoms with E-state index in [-0.39, 0.29) is 5.69 Å². The van der Waals surface area contributed by atoms with Crippen molar-refractivity contribution >= 4 is 13.6 Å². The van der Waals surface area contributed by atoms with Crippen molar-refractivity contribution in [2.75, 3.05) is 6.61 Å². The third kappa shape index (κ3) is 5.06. The summed E-state index contributed by atoms with van der Waals surface area (Å²) in [5.41, 5.74) is -0.0281.